The highest BCUT2D eigenvalue weighted by Crippen LogP contribution is 2.38. The summed E-state index contributed by atoms with van der Waals surface area (Å²) in [6.07, 6.45) is 3.52. The highest BCUT2D eigenvalue weighted by Gasteiger charge is 2.43. The van der Waals surface area contributed by atoms with E-state index in [0.29, 0.717) is 12.3 Å². The Hall–Kier alpha value is -1.06. The molecule has 4 nitrogen and oxygen atoms in total. The molecular formula is C11H18O4. The van der Waals surface area contributed by atoms with Crippen LogP contribution < -0.4 is 0 Å². The van der Waals surface area contributed by atoms with Crippen molar-refractivity contribution in [1.29, 1.82) is 0 Å². The number of esters is 1. The maximum Gasteiger partial charge on any atom is 0.323 e. The first-order valence-corrected chi connectivity index (χ1v) is 5.41. The van der Waals surface area contributed by atoms with E-state index in [1.807, 2.05) is 0 Å². The van der Waals surface area contributed by atoms with Gasteiger partial charge in [0.15, 0.2) is 5.41 Å². The quantitative estimate of drug-likeness (QED) is 0.541. The smallest absolute Gasteiger partial charge is 0.323 e. The van der Waals surface area contributed by atoms with Crippen molar-refractivity contribution in [2.45, 2.75) is 39.5 Å². The molecule has 1 rings (SSSR count). The molecule has 0 aromatic carbocycles. The van der Waals surface area contributed by atoms with E-state index in [1.54, 1.807) is 6.92 Å². The van der Waals surface area contributed by atoms with Gasteiger partial charge in [-0.3, -0.25) is 9.59 Å². The van der Waals surface area contributed by atoms with Crippen LogP contribution >= 0.6 is 0 Å². The van der Waals surface area contributed by atoms with Gasteiger partial charge in [-0.2, -0.15) is 0 Å². The Morgan fingerprint density at radius 3 is 2.47 bits per heavy atom. The molecule has 1 saturated carbocycles. The predicted octanol–water partition coefficient (Wildman–Crippen LogP) is 1.83. The molecule has 4 heteroatoms. The molecule has 86 valence electrons. The van der Waals surface area contributed by atoms with E-state index in [0.717, 1.165) is 6.42 Å². The monoisotopic (exact) mass is 214 g/mol. The van der Waals surface area contributed by atoms with Crippen LogP contribution in [0.2, 0.25) is 0 Å². The average Bonchev–Trinajstić information content (AvgIpc) is 2.97. The Kier molecular flexibility index (Phi) is 3.72. The summed E-state index contributed by atoms with van der Waals surface area (Å²) < 4.78 is 4.80. The Balaban J connectivity index is 2.58. The minimum atomic E-state index is -1.36. The molecule has 0 amide bonds. The molecule has 1 fully saturated rings. The van der Waals surface area contributed by atoms with Crippen LogP contribution in [0, 0.1) is 11.3 Å². The van der Waals surface area contributed by atoms with Crippen molar-refractivity contribution in [3.05, 3.63) is 0 Å². The third-order valence-corrected chi connectivity index (χ3v) is 2.95. The number of hydrogen-bond donors (Lipinski definition) is 1. The number of carboxylic acids is 1. The number of rotatable bonds is 6. The van der Waals surface area contributed by atoms with Crippen molar-refractivity contribution in [3.8, 4) is 0 Å². The molecule has 0 aromatic rings. The van der Waals surface area contributed by atoms with Gasteiger partial charge in [0.25, 0.3) is 0 Å². The zero-order valence-electron chi connectivity index (χ0n) is 9.28. The summed E-state index contributed by atoms with van der Waals surface area (Å²) in [6.45, 7) is 3.36. The number of carbonyl (C=O) groups excluding carboxylic acids is 1. The van der Waals surface area contributed by atoms with Gasteiger partial charge in [0.05, 0.1) is 6.61 Å². The lowest BCUT2D eigenvalue weighted by Gasteiger charge is -2.22. The van der Waals surface area contributed by atoms with Gasteiger partial charge < -0.3 is 9.84 Å². The van der Waals surface area contributed by atoms with Crippen molar-refractivity contribution < 1.29 is 19.4 Å². The van der Waals surface area contributed by atoms with Crippen molar-refractivity contribution >= 4 is 11.9 Å². The van der Waals surface area contributed by atoms with Crippen molar-refractivity contribution in [3.63, 3.8) is 0 Å². The maximum absolute atomic E-state index is 11.5. The van der Waals surface area contributed by atoms with Gasteiger partial charge >= 0.3 is 11.9 Å². The molecule has 1 unspecified atom stereocenters. The Bertz CT molecular complexity index is 257. The van der Waals surface area contributed by atoms with Gasteiger partial charge in [0.1, 0.15) is 0 Å². The second-order valence-corrected chi connectivity index (χ2v) is 4.34. The zero-order valence-corrected chi connectivity index (χ0v) is 9.28. The maximum atomic E-state index is 11.5. The topological polar surface area (TPSA) is 63.6 Å². The molecule has 0 spiro atoms. The zero-order chi connectivity index (χ0) is 11.5. The van der Waals surface area contributed by atoms with Gasteiger partial charge in [0, 0.05) is 0 Å². The van der Waals surface area contributed by atoms with Gasteiger partial charge in [-0.05, 0) is 32.6 Å². The highest BCUT2D eigenvalue weighted by molar-refractivity contribution is 5.98. The van der Waals surface area contributed by atoms with E-state index in [2.05, 4.69) is 0 Å². The SMILES string of the molecule is CCOC(=O)C(C)(CCC1CC1)C(=O)O. The van der Waals surface area contributed by atoms with E-state index < -0.39 is 17.4 Å². The molecule has 15 heavy (non-hydrogen) atoms. The summed E-state index contributed by atoms with van der Waals surface area (Å²) in [6, 6.07) is 0. The molecule has 0 aliphatic heterocycles. The van der Waals surface area contributed by atoms with E-state index in [1.165, 1.54) is 19.8 Å². The first-order chi connectivity index (χ1) is 7.00. The summed E-state index contributed by atoms with van der Waals surface area (Å²) in [4.78, 5) is 22.6. The van der Waals surface area contributed by atoms with Crippen LogP contribution in [0.5, 0.6) is 0 Å². The van der Waals surface area contributed by atoms with E-state index in [-0.39, 0.29) is 6.61 Å². The highest BCUT2D eigenvalue weighted by atomic mass is 16.5. The lowest BCUT2D eigenvalue weighted by atomic mass is 9.84. The van der Waals surface area contributed by atoms with Crippen molar-refractivity contribution in [1.82, 2.24) is 0 Å². The molecule has 0 aromatic heterocycles. The summed E-state index contributed by atoms with van der Waals surface area (Å²) in [7, 11) is 0. The lowest BCUT2D eigenvalue weighted by molar-refractivity contribution is -0.167. The molecule has 1 aliphatic rings. The number of ether oxygens (including phenoxy) is 1. The fourth-order valence-electron chi connectivity index (χ4n) is 1.49. The second-order valence-electron chi connectivity index (χ2n) is 4.34. The van der Waals surface area contributed by atoms with E-state index >= 15 is 0 Å². The Labute approximate surface area is 89.6 Å². The first-order valence-electron chi connectivity index (χ1n) is 5.41. The number of aliphatic carboxylic acids is 1. The van der Waals surface area contributed by atoms with Crippen LogP contribution in [0.15, 0.2) is 0 Å². The molecule has 0 bridgehead atoms. The molecule has 1 N–H and O–H groups in total. The van der Waals surface area contributed by atoms with Crippen LogP contribution in [0.4, 0.5) is 0 Å². The minimum absolute atomic E-state index is 0.227. The lowest BCUT2D eigenvalue weighted by Crippen LogP contribution is -2.38. The summed E-state index contributed by atoms with van der Waals surface area (Å²) in [5.74, 6) is -1.07. The van der Waals surface area contributed by atoms with Crippen LogP contribution in [0.25, 0.3) is 0 Å². The standard InChI is InChI=1S/C11H18O4/c1-3-15-10(14)11(2,9(12)13)7-6-8-4-5-8/h8H,3-7H2,1-2H3,(H,12,13). The average molecular weight is 214 g/mol. The van der Waals surface area contributed by atoms with E-state index in [9.17, 15) is 9.59 Å². The van der Waals surface area contributed by atoms with Crippen molar-refractivity contribution in [2.24, 2.45) is 11.3 Å². The van der Waals surface area contributed by atoms with Gasteiger partial charge in [-0.15, -0.1) is 0 Å². The third-order valence-electron chi connectivity index (χ3n) is 2.95. The second kappa shape index (κ2) is 4.64. The van der Waals surface area contributed by atoms with E-state index in [4.69, 9.17) is 9.84 Å². The van der Waals surface area contributed by atoms with Crippen LogP contribution in [-0.4, -0.2) is 23.7 Å². The van der Waals surface area contributed by atoms with Crippen LogP contribution in [0.3, 0.4) is 0 Å². The predicted molar refractivity (Wildman–Crippen MR) is 54.3 cm³/mol. The fraction of sp³-hybridized carbons (Fsp3) is 0.818. The Morgan fingerprint density at radius 2 is 2.07 bits per heavy atom. The largest absolute Gasteiger partial charge is 0.480 e. The summed E-state index contributed by atoms with van der Waals surface area (Å²) in [5.41, 5.74) is -1.36. The number of hydrogen-bond acceptors (Lipinski definition) is 3. The Morgan fingerprint density at radius 1 is 1.47 bits per heavy atom. The number of carbonyl (C=O) groups is 2. The molecule has 0 saturated heterocycles. The van der Waals surface area contributed by atoms with Gasteiger partial charge in [-0.1, -0.05) is 12.8 Å². The molecule has 0 heterocycles. The van der Waals surface area contributed by atoms with Crippen LogP contribution in [0.1, 0.15) is 39.5 Å². The molecule has 1 atom stereocenters. The summed E-state index contributed by atoms with van der Waals surface area (Å²) >= 11 is 0. The normalized spacial score (nSPS) is 19.3. The van der Waals surface area contributed by atoms with Crippen molar-refractivity contribution in [2.75, 3.05) is 6.61 Å². The molecule has 1 aliphatic carbocycles. The fourth-order valence-corrected chi connectivity index (χ4v) is 1.49. The number of carboxylic acid groups (broad SMARTS) is 1. The first kappa shape index (κ1) is 12.0. The third kappa shape index (κ3) is 2.94. The van der Waals surface area contributed by atoms with Crippen LogP contribution in [-0.2, 0) is 14.3 Å². The molecular weight excluding hydrogens is 196 g/mol. The molecule has 0 radical (unpaired) electrons. The van der Waals surface area contributed by atoms with Gasteiger partial charge in [0.2, 0.25) is 0 Å². The van der Waals surface area contributed by atoms with Gasteiger partial charge in [-0.25, -0.2) is 0 Å². The summed E-state index contributed by atoms with van der Waals surface area (Å²) in [5, 5.41) is 9.06. The minimum Gasteiger partial charge on any atom is -0.480 e.